The molecule has 3 rings (SSSR count). The number of Topliss-reactive ketones (excluding diaryl/α,β-unsaturated/α-hetero) is 1. The van der Waals surface area contributed by atoms with Gasteiger partial charge in [0.05, 0.1) is 11.1 Å². The van der Waals surface area contributed by atoms with Gasteiger partial charge in [0.15, 0.2) is 0 Å². The number of amides is 1. The molecule has 0 saturated carbocycles. The van der Waals surface area contributed by atoms with Gasteiger partial charge in [0, 0.05) is 18.5 Å². The number of carbonyl (C=O) groups is 2. The summed E-state index contributed by atoms with van der Waals surface area (Å²) >= 11 is 0. The van der Waals surface area contributed by atoms with Crippen molar-refractivity contribution in [3.8, 4) is 0 Å². The maximum Gasteiger partial charge on any atom is 0.416 e. The molecule has 0 heterocycles. The van der Waals surface area contributed by atoms with E-state index in [-0.39, 0.29) is 29.0 Å². The number of rotatable bonds is 6. The second kappa shape index (κ2) is 9.12. The number of halogens is 4. The summed E-state index contributed by atoms with van der Waals surface area (Å²) in [7, 11) is 0. The van der Waals surface area contributed by atoms with Gasteiger partial charge >= 0.3 is 6.18 Å². The predicted molar refractivity (Wildman–Crippen MR) is 109 cm³/mol. The fourth-order valence-electron chi connectivity index (χ4n) is 3.24. The van der Waals surface area contributed by atoms with E-state index in [0.29, 0.717) is 0 Å². The summed E-state index contributed by atoms with van der Waals surface area (Å²) in [5, 5.41) is 2.27. The van der Waals surface area contributed by atoms with E-state index < -0.39 is 29.9 Å². The summed E-state index contributed by atoms with van der Waals surface area (Å²) in [6.07, 6.45) is -5.10. The van der Waals surface area contributed by atoms with E-state index in [2.05, 4.69) is 5.32 Å². The van der Waals surface area contributed by atoms with Crippen LogP contribution < -0.4 is 5.32 Å². The van der Waals surface area contributed by atoms with Crippen LogP contribution >= 0.6 is 0 Å². The molecule has 1 N–H and O–H groups in total. The minimum Gasteiger partial charge on any atom is -0.322 e. The van der Waals surface area contributed by atoms with Gasteiger partial charge in [-0.1, -0.05) is 48.0 Å². The third-order valence-electron chi connectivity index (χ3n) is 4.66. The van der Waals surface area contributed by atoms with Crippen LogP contribution in [0.1, 0.15) is 32.6 Å². The summed E-state index contributed by atoms with van der Waals surface area (Å²) in [5.74, 6) is -2.01. The molecule has 0 bridgehead atoms. The Morgan fingerprint density at radius 1 is 0.903 bits per heavy atom. The van der Waals surface area contributed by atoms with Gasteiger partial charge in [-0.2, -0.15) is 13.2 Å². The van der Waals surface area contributed by atoms with Gasteiger partial charge < -0.3 is 5.32 Å². The Kier molecular flexibility index (Phi) is 6.53. The lowest BCUT2D eigenvalue weighted by atomic mass is 9.97. The zero-order valence-corrected chi connectivity index (χ0v) is 16.6. The van der Waals surface area contributed by atoms with Crippen LogP contribution in [0.3, 0.4) is 0 Å². The molecule has 0 aliphatic heterocycles. The highest BCUT2D eigenvalue weighted by Gasteiger charge is 2.34. The standard InChI is InChI=1S/C24H19F4NO2/c1-15-5-4-6-16(11-15)12-19(30)13-17-9-10-18(14-21(17)24(26,27)28)29-23(31)20-7-2-3-8-22(20)25/h2-11,14H,12-13H2,1H3,(H,29,31). The van der Waals surface area contributed by atoms with Gasteiger partial charge in [0.1, 0.15) is 11.6 Å². The average Bonchev–Trinajstić information content (AvgIpc) is 2.68. The van der Waals surface area contributed by atoms with Crippen molar-refractivity contribution in [1.82, 2.24) is 0 Å². The Balaban J connectivity index is 1.81. The van der Waals surface area contributed by atoms with Crippen molar-refractivity contribution in [1.29, 1.82) is 0 Å². The minimum absolute atomic E-state index is 0.0186. The highest BCUT2D eigenvalue weighted by molar-refractivity contribution is 6.04. The third kappa shape index (κ3) is 5.78. The van der Waals surface area contributed by atoms with E-state index >= 15 is 0 Å². The molecule has 1 amide bonds. The van der Waals surface area contributed by atoms with Crippen LogP contribution in [0.4, 0.5) is 23.2 Å². The summed E-state index contributed by atoms with van der Waals surface area (Å²) in [6, 6.07) is 15.5. The van der Waals surface area contributed by atoms with E-state index in [0.717, 1.165) is 29.3 Å². The average molecular weight is 429 g/mol. The van der Waals surface area contributed by atoms with Crippen LogP contribution in [0, 0.1) is 12.7 Å². The Morgan fingerprint density at radius 3 is 2.32 bits per heavy atom. The molecule has 0 fully saturated rings. The number of nitrogens with one attached hydrogen (secondary N) is 1. The first-order chi connectivity index (χ1) is 14.6. The Hall–Kier alpha value is -3.48. The highest BCUT2D eigenvalue weighted by atomic mass is 19.4. The molecule has 0 aliphatic carbocycles. The highest BCUT2D eigenvalue weighted by Crippen LogP contribution is 2.34. The summed E-state index contributed by atoms with van der Waals surface area (Å²) in [6.45, 7) is 1.87. The molecule has 0 atom stereocenters. The van der Waals surface area contributed by atoms with Gasteiger partial charge in [-0.05, 0) is 42.3 Å². The van der Waals surface area contributed by atoms with Crippen molar-refractivity contribution in [2.75, 3.05) is 5.32 Å². The molecule has 3 aromatic rings. The number of ketones is 1. The number of carbonyl (C=O) groups excluding carboxylic acids is 2. The third-order valence-corrected chi connectivity index (χ3v) is 4.66. The smallest absolute Gasteiger partial charge is 0.322 e. The minimum atomic E-state index is -4.72. The summed E-state index contributed by atoms with van der Waals surface area (Å²) in [4.78, 5) is 24.6. The van der Waals surface area contributed by atoms with Crippen molar-refractivity contribution >= 4 is 17.4 Å². The molecular formula is C24H19F4NO2. The molecule has 7 heteroatoms. The topological polar surface area (TPSA) is 46.2 Å². The Morgan fingerprint density at radius 2 is 1.65 bits per heavy atom. The van der Waals surface area contributed by atoms with Gasteiger partial charge in [-0.3, -0.25) is 9.59 Å². The van der Waals surface area contributed by atoms with Crippen molar-refractivity contribution in [2.45, 2.75) is 25.9 Å². The molecule has 0 unspecified atom stereocenters. The predicted octanol–water partition coefficient (Wildman–Crippen LogP) is 5.76. The van der Waals surface area contributed by atoms with Gasteiger partial charge in [-0.15, -0.1) is 0 Å². The van der Waals surface area contributed by atoms with Gasteiger partial charge in [-0.25, -0.2) is 4.39 Å². The molecule has 31 heavy (non-hydrogen) atoms. The Bertz CT molecular complexity index is 1120. The van der Waals surface area contributed by atoms with Crippen LogP contribution in [0.5, 0.6) is 0 Å². The van der Waals surface area contributed by atoms with Crippen molar-refractivity contribution in [3.63, 3.8) is 0 Å². The fourth-order valence-corrected chi connectivity index (χ4v) is 3.24. The van der Waals surface area contributed by atoms with Crippen LogP contribution in [-0.4, -0.2) is 11.7 Å². The van der Waals surface area contributed by atoms with Crippen molar-refractivity contribution in [3.05, 3.63) is 100 Å². The number of hydrogen-bond donors (Lipinski definition) is 1. The normalized spacial score (nSPS) is 11.3. The maximum atomic E-state index is 13.7. The second-order valence-corrected chi connectivity index (χ2v) is 7.18. The van der Waals surface area contributed by atoms with Crippen LogP contribution in [0.15, 0.2) is 66.7 Å². The molecular weight excluding hydrogens is 410 g/mol. The van der Waals surface area contributed by atoms with E-state index in [1.165, 1.54) is 24.3 Å². The first-order valence-corrected chi connectivity index (χ1v) is 9.47. The summed E-state index contributed by atoms with van der Waals surface area (Å²) in [5.41, 5.74) is 0.0537. The zero-order valence-electron chi connectivity index (χ0n) is 16.6. The summed E-state index contributed by atoms with van der Waals surface area (Å²) < 4.78 is 54.5. The van der Waals surface area contributed by atoms with Gasteiger partial charge in [0.25, 0.3) is 5.91 Å². The maximum absolute atomic E-state index is 13.7. The number of hydrogen-bond acceptors (Lipinski definition) is 2. The van der Waals surface area contributed by atoms with Crippen LogP contribution in [-0.2, 0) is 23.8 Å². The monoisotopic (exact) mass is 429 g/mol. The van der Waals surface area contributed by atoms with E-state index in [9.17, 15) is 27.2 Å². The Labute approximate surface area is 176 Å². The van der Waals surface area contributed by atoms with E-state index in [1.54, 1.807) is 12.1 Å². The number of benzene rings is 3. The first-order valence-electron chi connectivity index (χ1n) is 9.47. The molecule has 3 aromatic carbocycles. The van der Waals surface area contributed by atoms with Crippen molar-refractivity contribution in [2.24, 2.45) is 0 Å². The fraction of sp³-hybridized carbons (Fsp3) is 0.167. The second-order valence-electron chi connectivity index (χ2n) is 7.18. The largest absolute Gasteiger partial charge is 0.416 e. The number of aryl methyl sites for hydroxylation is 1. The SMILES string of the molecule is Cc1cccc(CC(=O)Cc2ccc(NC(=O)c3ccccc3F)cc2C(F)(F)F)c1. The quantitative estimate of drug-likeness (QED) is 0.507. The van der Waals surface area contributed by atoms with Crippen LogP contribution in [0.2, 0.25) is 0 Å². The first kappa shape index (κ1) is 22.2. The molecule has 0 radical (unpaired) electrons. The zero-order chi connectivity index (χ0) is 22.6. The molecule has 3 nitrogen and oxygen atoms in total. The molecule has 0 saturated heterocycles. The molecule has 160 valence electrons. The van der Waals surface area contributed by atoms with Gasteiger partial charge in [0.2, 0.25) is 0 Å². The molecule has 0 aromatic heterocycles. The number of anilines is 1. The lowest BCUT2D eigenvalue weighted by Crippen LogP contribution is -2.17. The van der Waals surface area contributed by atoms with Crippen molar-refractivity contribution < 1.29 is 27.2 Å². The molecule has 0 aliphatic rings. The van der Waals surface area contributed by atoms with E-state index in [1.807, 2.05) is 19.1 Å². The lowest BCUT2D eigenvalue weighted by molar-refractivity contribution is -0.138. The molecule has 0 spiro atoms. The number of alkyl halides is 3. The van der Waals surface area contributed by atoms with Crippen LogP contribution in [0.25, 0.3) is 0 Å². The van der Waals surface area contributed by atoms with E-state index in [4.69, 9.17) is 0 Å². The lowest BCUT2D eigenvalue weighted by Gasteiger charge is -2.15.